The number of carbonyl (C=O) groups is 1. The van der Waals surface area contributed by atoms with E-state index < -0.39 is 11.5 Å². The largest absolute Gasteiger partial charge is 0.369 e. The van der Waals surface area contributed by atoms with E-state index in [1.54, 1.807) is 17.8 Å². The summed E-state index contributed by atoms with van der Waals surface area (Å²) in [7, 11) is 3.47. The Kier molecular flexibility index (Phi) is 4.76. The minimum Gasteiger partial charge on any atom is -0.369 e. The van der Waals surface area contributed by atoms with Gasteiger partial charge in [-0.1, -0.05) is 23.4 Å². The van der Waals surface area contributed by atoms with Gasteiger partial charge in [0.25, 0.3) is 0 Å². The molecule has 33 heavy (non-hydrogen) atoms. The van der Waals surface area contributed by atoms with Gasteiger partial charge in [0.1, 0.15) is 11.1 Å². The standard InChI is InChI=1S/C24H21N7OS/c1-24(20-11-17(13-33-20)15-6-4-5-14(9-15)12-25)21(22(32)30(2)23(26)27-24)16-7-8-19-18(10-16)28-29-31(19)3/h4-11,13,21H,1-3H3,(H2,26,27)/t21-,24+/m0/s1. The molecule has 2 aromatic heterocycles. The average molecular weight is 456 g/mol. The molecular weight excluding hydrogens is 434 g/mol. The molecule has 1 amide bonds. The van der Waals surface area contributed by atoms with Crippen LogP contribution in [0.1, 0.15) is 28.8 Å². The number of likely N-dealkylation sites (N-methyl/N-ethyl adjacent to an activating group) is 1. The van der Waals surface area contributed by atoms with Crippen molar-refractivity contribution in [3.8, 4) is 17.2 Å². The quantitative estimate of drug-likeness (QED) is 0.509. The average Bonchev–Trinajstić information content (AvgIpc) is 3.45. The Bertz CT molecular complexity index is 1480. The fourth-order valence-corrected chi connectivity index (χ4v) is 5.40. The molecule has 2 atom stereocenters. The fourth-order valence-electron chi connectivity index (χ4n) is 4.35. The number of aromatic nitrogens is 3. The van der Waals surface area contributed by atoms with Gasteiger partial charge in [-0.05, 0) is 59.3 Å². The van der Waals surface area contributed by atoms with Crippen LogP contribution in [0.4, 0.5) is 0 Å². The van der Waals surface area contributed by atoms with Crippen molar-refractivity contribution in [3.63, 3.8) is 0 Å². The molecule has 0 bridgehead atoms. The van der Waals surface area contributed by atoms with Crippen LogP contribution in [0, 0.1) is 11.3 Å². The number of nitrogens with two attached hydrogens (primary N) is 1. The van der Waals surface area contributed by atoms with E-state index in [1.807, 2.05) is 61.8 Å². The van der Waals surface area contributed by atoms with Gasteiger partial charge in [0.05, 0.1) is 23.1 Å². The summed E-state index contributed by atoms with van der Waals surface area (Å²) in [6.07, 6.45) is 0. The summed E-state index contributed by atoms with van der Waals surface area (Å²) in [4.78, 5) is 20.6. The third-order valence-electron chi connectivity index (χ3n) is 6.22. The maximum atomic E-state index is 13.5. The van der Waals surface area contributed by atoms with Crippen molar-refractivity contribution in [2.45, 2.75) is 18.4 Å². The predicted octanol–water partition coefficient (Wildman–Crippen LogP) is 3.35. The zero-order valence-electron chi connectivity index (χ0n) is 18.4. The Morgan fingerprint density at radius 1 is 1.15 bits per heavy atom. The molecule has 0 saturated heterocycles. The first-order valence-electron chi connectivity index (χ1n) is 10.3. The van der Waals surface area contributed by atoms with Gasteiger partial charge in [-0.15, -0.1) is 16.4 Å². The molecule has 3 heterocycles. The Balaban J connectivity index is 1.65. The molecule has 2 aromatic carbocycles. The molecule has 1 aliphatic heterocycles. The Morgan fingerprint density at radius 2 is 1.97 bits per heavy atom. The summed E-state index contributed by atoms with van der Waals surface area (Å²) in [6.45, 7) is 1.94. The Labute approximate surface area is 194 Å². The number of fused-ring (bicyclic) bond motifs is 1. The fraction of sp³-hybridized carbons (Fsp3) is 0.208. The lowest BCUT2D eigenvalue weighted by Gasteiger charge is -2.40. The van der Waals surface area contributed by atoms with Crippen LogP contribution in [-0.2, 0) is 17.4 Å². The van der Waals surface area contributed by atoms with Crippen LogP contribution >= 0.6 is 11.3 Å². The first-order valence-corrected chi connectivity index (χ1v) is 11.2. The molecule has 9 heteroatoms. The third kappa shape index (κ3) is 3.27. The number of aliphatic imine (C=N–C) groups is 1. The van der Waals surface area contributed by atoms with Crippen molar-refractivity contribution < 1.29 is 4.79 Å². The van der Waals surface area contributed by atoms with Gasteiger partial charge in [-0.3, -0.25) is 9.69 Å². The number of hydrogen-bond donors (Lipinski definition) is 1. The molecule has 0 spiro atoms. The summed E-state index contributed by atoms with van der Waals surface area (Å²) in [5.41, 5.74) is 10.2. The van der Waals surface area contributed by atoms with E-state index in [0.717, 1.165) is 32.6 Å². The summed E-state index contributed by atoms with van der Waals surface area (Å²) < 4.78 is 1.70. The van der Waals surface area contributed by atoms with Gasteiger partial charge in [-0.25, -0.2) is 9.67 Å². The number of nitrogens with zero attached hydrogens (tertiary/aromatic N) is 6. The van der Waals surface area contributed by atoms with Crippen molar-refractivity contribution in [2.75, 3.05) is 7.05 Å². The second-order valence-corrected chi connectivity index (χ2v) is 9.21. The molecule has 0 saturated carbocycles. The van der Waals surface area contributed by atoms with E-state index in [9.17, 15) is 10.1 Å². The van der Waals surface area contributed by atoms with Crippen LogP contribution in [-0.4, -0.2) is 38.8 Å². The maximum Gasteiger partial charge on any atom is 0.239 e. The van der Waals surface area contributed by atoms with Crippen molar-refractivity contribution >= 4 is 34.2 Å². The lowest BCUT2D eigenvalue weighted by atomic mass is 9.77. The summed E-state index contributed by atoms with van der Waals surface area (Å²) in [6, 6.07) is 17.4. The van der Waals surface area contributed by atoms with Crippen molar-refractivity contribution in [2.24, 2.45) is 17.8 Å². The Morgan fingerprint density at radius 3 is 2.76 bits per heavy atom. The highest BCUT2D eigenvalue weighted by Crippen LogP contribution is 2.47. The zero-order valence-corrected chi connectivity index (χ0v) is 19.2. The predicted molar refractivity (Wildman–Crippen MR) is 127 cm³/mol. The minimum absolute atomic E-state index is 0.130. The van der Waals surface area contributed by atoms with E-state index >= 15 is 0 Å². The highest BCUT2D eigenvalue weighted by Gasteiger charge is 2.48. The van der Waals surface area contributed by atoms with Crippen molar-refractivity contribution in [1.82, 2.24) is 19.9 Å². The molecular formula is C24H21N7OS. The van der Waals surface area contributed by atoms with Crippen LogP contribution in [0.3, 0.4) is 0 Å². The SMILES string of the molecule is CN1C(=O)[C@H](c2ccc3c(c2)nnn3C)[C@@](C)(c2cc(-c3cccc(C#N)c3)cs2)N=C1N. The number of thiophene rings is 1. The van der Waals surface area contributed by atoms with E-state index in [-0.39, 0.29) is 11.9 Å². The smallest absolute Gasteiger partial charge is 0.239 e. The molecule has 8 nitrogen and oxygen atoms in total. The van der Waals surface area contributed by atoms with E-state index in [0.29, 0.717) is 5.56 Å². The molecule has 0 radical (unpaired) electrons. The van der Waals surface area contributed by atoms with Crippen LogP contribution < -0.4 is 5.73 Å². The molecule has 2 N–H and O–H groups in total. The summed E-state index contributed by atoms with van der Waals surface area (Å²) >= 11 is 1.53. The van der Waals surface area contributed by atoms with Gasteiger partial charge in [0, 0.05) is 19.0 Å². The van der Waals surface area contributed by atoms with Crippen molar-refractivity contribution in [3.05, 3.63) is 69.9 Å². The molecule has 1 aliphatic rings. The second-order valence-electron chi connectivity index (χ2n) is 8.30. The number of nitriles is 1. The first kappa shape index (κ1) is 20.8. The number of guanidine groups is 1. The van der Waals surface area contributed by atoms with Gasteiger partial charge in [0.2, 0.25) is 5.91 Å². The summed E-state index contributed by atoms with van der Waals surface area (Å²) in [5, 5.41) is 19.6. The topological polar surface area (TPSA) is 113 Å². The lowest BCUT2D eigenvalue weighted by Crippen LogP contribution is -2.52. The van der Waals surface area contributed by atoms with Gasteiger partial charge in [0.15, 0.2) is 5.96 Å². The number of amides is 1. The molecule has 164 valence electrons. The van der Waals surface area contributed by atoms with E-state index in [2.05, 4.69) is 16.4 Å². The first-order chi connectivity index (χ1) is 15.8. The Hall–Kier alpha value is -4.03. The van der Waals surface area contributed by atoms with Crippen LogP contribution in [0.25, 0.3) is 22.2 Å². The number of carbonyl (C=O) groups excluding carboxylic acids is 1. The zero-order chi connectivity index (χ0) is 23.3. The van der Waals surface area contributed by atoms with E-state index in [1.165, 1.54) is 16.2 Å². The minimum atomic E-state index is -0.903. The highest BCUT2D eigenvalue weighted by molar-refractivity contribution is 7.10. The molecule has 0 unspecified atom stereocenters. The van der Waals surface area contributed by atoms with Gasteiger partial charge >= 0.3 is 0 Å². The van der Waals surface area contributed by atoms with Crippen LogP contribution in [0.2, 0.25) is 0 Å². The number of rotatable bonds is 3. The van der Waals surface area contributed by atoms with Crippen molar-refractivity contribution in [1.29, 1.82) is 5.26 Å². The molecule has 4 aromatic rings. The van der Waals surface area contributed by atoms with Crippen LogP contribution in [0.5, 0.6) is 0 Å². The lowest BCUT2D eigenvalue weighted by molar-refractivity contribution is -0.130. The number of benzene rings is 2. The van der Waals surface area contributed by atoms with Crippen LogP contribution in [0.15, 0.2) is 58.9 Å². The second kappa shape index (κ2) is 7.53. The van der Waals surface area contributed by atoms with Gasteiger partial charge < -0.3 is 5.73 Å². The van der Waals surface area contributed by atoms with E-state index in [4.69, 9.17) is 10.7 Å². The third-order valence-corrected chi connectivity index (χ3v) is 7.38. The number of hydrogen-bond acceptors (Lipinski definition) is 7. The normalized spacial score (nSPS) is 20.7. The van der Waals surface area contributed by atoms with Gasteiger partial charge in [-0.2, -0.15) is 5.26 Å². The molecule has 0 fully saturated rings. The summed E-state index contributed by atoms with van der Waals surface area (Å²) in [5.74, 6) is -0.534. The maximum absolute atomic E-state index is 13.5. The monoisotopic (exact) mass is 455 g/mol. The molecule has 0 aliphatic carbocycles. The highest BCUT2D eigenvalue weighted by atomic mass is 32.1. The molecule has 5 rings (SSSR count). The number of aryl methyl sites for hydroxylation is 1.